The molecular weight excluding hydrogens is 320 g/mol. The van der Waals surface area contributed by atoms with Crippen LogP contribution in [0.2, 0.25) is 0 Å². The molecule has 0 aromatic heterocycles. The van der Waals surface area contributed by atoms with Gasteiger partial charge in [0, 0.05) is 0 Å². The van der Waals surface area contributed by atoms with Crippen LogP contribution in [0.1, 0.15) is 43.6 Å². The molecule has 0 bridgehead atoms. The predicted octanol–water partition coefficient (Wildman–Crippen LogP) is 1.93. The van der Waals surface area contributed by atoms with Crippen molar-refractivity contribution in [1.29, 1.82) is 0 Å². The summed E-state index contributed by atoms with van der Waals surface area (Å²) in [6.07, 6.45) is 4.40. The Morgan fingerprint density at radius 2 is 1.29 bits per heavy atom. The number of aromatic hydroxyl groups is 1. The van der Waals surface area contributed by atoms with E-state index in [1.165, 1.54) is 0 Å². The van der Waals surface area contributed by atoms with Crippen LogP contribution in [0.15, 0.2) is 21.9 Å². The molecule has 1 aliphatic carbocycles. The number of phenols is 1. The molecule has 0 spiro atoms. The van der Waals surface area contributed by atoms with E-state index in [4.69, 9.17) is 9.11 Å². The van der Waals surface area contributed by atoms with Gasteiger partial charge in [-0.1, -0.05) is 19.3 Å². The molecule has 0 unspecified atom stereocenters. The van der Waals surface area contributed by atoms with Crippen molar-refractivity contribution in [2.45, 2.75) is 47.8 Å². The largest absolute Gasteiger partial charge is 0.505 e. The summed E-state index contributed by atoms with van der Waals surface area (Å²) in [6, 6.07) is 2.13. The van der Waals surface area contributed by atoms with Crippen LogP contribution in [0.5, 0.6) is 5.75 Å². The minimum Gasteiger partial charge on any atom is -0.505 e. The average Bonchev–Trinajstić information content (AvgIpc) is 2.37. The van der Waals surface area contributed by atoms with Gasteiger partial charge in [0.15, 0.2) is 5.75 Å². The van der Waals surface area contributed by atoms with E-state index in [0.717, 1.165) is 44.2 Å². The number of hydrogen-bond acceptors (Lipinski definition) is 5. The van der Waals surface area contributed by atoms with E-state index in [1.807, 2.05) is 0 Å². The quantitative estimate of drug-likeness (QED) is 0.719. The molecule has 1 saturated carbocycles. The van der Waals surface area contributed by atoms with Crippen molar-refractivity contribution < 1.29 is 31.0 Å². The lowest BCUT2D eigenvalue weighted by atomic mass is 9.84. The summed E-state index contributed by atoms with van der Waals surface area (Å²) in [5, 5.41) is 9.70. The maximum absolute atomic E-state index is 11.3. The van der Waals surface area contributed by atoms with Crippen LogP contribution < -0.4 is 0 Å². The Balaban J connectivity index is 2.67. The fourth-order valence-electron chi connectivity index (χ4n) is 2.67. The van der Waals surface area contributed by atoms with E-state index in [9.17, 15) is 21.9 Å². The molecule has 9 heteroatoms. The van der Waals surface area contributed by atoms with Crippen LogP contribution in [-0.4, -0.2) is 31.0 Å². The maximum Gasteiger partial charge on any atom is 0.298 e. The lowest BCUT2D eigenvalue weighted by molar-refractivity contribution is 0.416. The molecule has 2 rings (SSSR count). The third-order valence-electron chi connectivity index (χ3n) is 3.69. The van der Waals surface area contributed by atoms with Crippen LogP contribution in [0.3, 0.4) is 0 Å². The lowest BCUT2D eigenvalue weighted by Gasteiger charge is -2.23. The van der Waals surface area contributed by atoms with Gasteiger partial charge in [0.1, 0.15) is 9.79 Å². The summed E-state index contributed by atoms with van der Waals surface area (Å²) in [6.45, 7) is 0. The molecule has 3 N–H and O–H groups in total. The van der Waals surface area contributed by atoms with Gasteiger partial charge < -0.3 is 5.11 Å². The first-order chi connectivity index (χ1) is 9.60. The standard InChI is InChI=1S/C12H16O7S2/c13-12-10(20(14,15)16)6-9(7-11(12)21(17,18)19)8-4-2-1-3-5-8/h6-8,13H,1-5H2,(H,14,15,16)(H,17,18,19). The number of benzene rings is 1. The molecule has 1 aliphatic rings. The number of phenolic OH excluding ortho intramolecular Hbond substituents is 1. The van der Waals surface area contributed by atoms with Crippen molar-refractivity contribution in [3.05, 3.63) is 17.7 Å². The minimum atomic E-state index is -4.80. The van der Waals surface area contributed by atoms with Gasteiger partial charge in [0.05, 0.1) is 0 Å². The van der Waals surface area contributed by atoms with Gasteiger partial charge in [0.2, 0.25) is 0 Å². The Bertz CT molecular complexity index is 691. The van der Waals surface area contributed by atoms with Gasteiger partial charge in [-0.3, -0.25) is 9.11 Å². The molecular formula is C12H16O7S2. The first-order valence-corrected chi connectivity index (χ1v) is 9.30. The van der Waals surface area contributed by atoms with E-state index in [2.05, 4.69) is 0 Å². The topological polar surface area (TPSA) is 129 Å². The fraction of sp³-hybridized carbons (Fsp3) is 0.500. The predicted molar refractivity (Wildman–Crippen MR) is 73.6 cm³/mol. The minimum absolute atomic E-state index is 0.0691. The molecule has 1 fully saturated rings. The van der Waals surface area contributed by atoms with Crippen molar-refractivity contribution in [3.63, 3.8) is 0 Å². The molecule has 0 amide bonds. The third-order valence-corrected chi connectivity index (χ3v) is 5.43. The first-order valence-electron chi connectivity index (χ1n) is 6.42. The highest BCUT2D eigenvalue weighted by molar-refractivity contribution is 7.86. The second-order valence-corrected chi connectivity index (χ2v) is 7.93. The van der Waals surface area contributed by atoms with Gasteiger partial charge >= 0.3 is 0 Å². The fourth-order valence-corrected chi connectivity index (χ4v) is 4.01. The Hall–Kier alpha value is -1.16. The van der Waals surface area contributed by atoms with Crippen LogP contribution >= 0.6 is 0 Å². The van der Waals surface area contributed by atoms with Crippen molar-refractivity contribution in [2.75, 3.05) is 0 Å². The van der Waals surface area contributed by atoms with Crippen LogP contribution in [0.25, 0.3) is 0 Å². The van der Waals surface area contributed by atoms with E-state index in [1.54, 1.807) is 0 Å². The van der Waals surface area contributed by atoms with Crippen molar-refractivity contribution in [2.24, 2.45) is 0 Å². The number of rotatable bonds is 3. The van der Waals surface area contributed by atoms with Crippen LogP contribution in [0, 0.1) is 0 Å². The molecule has 0 heterocycles. The van der Waals surface area contributed by atoms with Crippen molar-refractivity contribution in [1.82, 2.24) is 0 Å². The second kappa shape index (κ2) is 5.56. The van der Waals surface area contributed by atoms with Gasteiger partial charge in [-0.25, -0.2) is 0 Å². The smallest absolute Gasteiger partial charge is 0.298 e. The molecule has 0 aliphatic heterocycles. The molecule has 1 aromatic rings. The summed E-state index contributed by atoms with van der Waals surface area (Å²) in [4.78, 5) is -1.81. The molecule has 0 atom stereocenters. The Labute approximate surface area is 123 Å². The van der Waals surface area contributed by atoms with Gasteiger partial charge in [0.25, 0.3) is 20.2 Å². The van der Waals surface area contributed by atoms with E-state index >= 15 is 0 Å². The lowest BCUT2D eigenvalue weighted by Crippen LogP contribution is -2.10. The molecule has 21 heavy (non-hydrogen) atoms. The highest BCUT2D eigenvalue weighted by Gasteiger charge is 2.28. The van der Waals surface area contributed by atoms with E-state index in [0.29, 0.717) is 5.56 Å². The molecule has 118 valence electrons. The zero-order chi connectivity index (χ0) is 15.8. The highest BCUT2D eigenvalue weighted by atomic mass is 32.2. The monoisotopic (exact) mass is 336 g/mol. The molecule has 0 radical (unpaired) electrons. The summed E-state index contributed by atoms with van der Waals surface area (Å²) in [5.41, 5.74) is 0.368. The van der Waals surface area contributed by atoms with Gasteiger partial charge in [-0.2, -0.15) is 16.8 Å². The first kappa shape index (κ1) is 16.2. The average molecular weight is 336 g/mol. The Morgan fingerprint density at radius 3 is 1.67 bits per heavy atom. The summed E-state index contributed by atoms with van der Waals surface area (Å²) < 4.78 is 63.4. The zero-order valence-corrected chi connectivity index (χ0v) is 12.7. The van der Waals surface area contributed by atoms with Crippen molar-refractivity contribution >= 4 is 20.2 Å². The third kappa shape index (κ3) is 3.54. The second-order valence-electron chi connectivity index (χ2n) is 5.15. The number of hydrogen-bond donors (Lipinski definition) is 3. The van der Waals surface area contributed by atoms with Gasteiger partial charge in [-0.15, -0.1) is 0 Å². The normalized spacial score (nSPS) is 17.8. The highest BCUT2D eigenvalue weighted by Crippen LogP contribution is 2.38. The maximum atomic E-state index is 11.3. The zero-order valence-electron chi connectivity index (χ0n) is 11.1. The van der Waals surface area contributed by atoms with Crippen molar-refractivity contribution in [3.8, 4) is 5.75 Å². The Morgan fingerprint density at radius 1 is 0.857 bits per heavy atom. The summed E-state index contributed by atoms with van der Waals surface area (Å²) in [5.74, 6) is -1.24. The molecule has 1 aromatic carbocycles. The van der Waals surface area contributed by atoms with Crippen LogP contribution in [-0.2, 0) is 20.2 Å². The SMILES string of the molecule is O=S(=O)(O)c1cc(C2CCCCC2)cc(S(=O)(=O)O)c1O. The Kier molecular flexibility index (Phi) is 4.29. The molecule has 0 saturated heterocycles. The summed E-state index contributed by atoms with van der Waals surface area (Å²) >= 11 is 0. The van der Waals surface area contributed by atoms with E-state index < -0.39 is 35.8 Å². The van der Waals surface area contributed by atoms with Crippen LogP contribution in [0.4, 0.5) is 0 Å². The molecule has 7 nitrogen and oxygen atoms in total. The van der Waals surface area contributed by atoms with Gasteiger partial charge in [-0.05, 0) is 36.5 Å². The summed E-state index contributed by atoms with van der Waals surface area (Å²) in [7, 11) is -9.61. The van der Waals surface area contributed by atoms with E-state index in [-0.39, 0.29) is 5.92 Å².